The van der Waals surface area contributed by atoms with Crippen molar-refractivity contribution in [1.82, 2.24) is 15.1 Å². The minimum Gasteiger partial charge on any atom is -0.493 e. The zero-order chi connectivity index (χ0) is 25.9. The third-order valence-electron chi connectivity index (χ3n) is 6.97. The lowest BCUT2D eigenvalue weighted by Crippen LogP contribution is -2.43. The van der Waals surface area contributed by atoms with Gasteiger partial charge in [0.2, 0.25) is 0 Å². The second-order valence-electron chi connectivity index (χ2n) is 9.28. The summed E-state index contributed by atoms with van der Waals surface area (Å²) in [5, 5.41) is 5.82. The molecule has 0 radical (unpaired) electrons. The molecule has 0 saturated carbocycles. The molecule has 0 bridgehead atoms. The quantitative estimate of drug-likeness (QED) is 0.453. The van der Waals surface area contributed by atoms with E-state index in [9.17, 15) is 4.79 Å². The van der Waals surface area contributed by atoms with Crippen LogP contribution in [0.5, 0.6) is 0 Å². The lowest BCUT2D eigenvalue weighted by molar-refractivity contribution is -0.127. The summed E-state index contributed by atoms with van der Waals surface area (Å²) < 4.78 is 11.8. The van der Waals surface area contributed by atoms with Gasteiger partial charge >= 0.3 is 0 Å². The Kier molecular flexibility index (Phi) is 11.0. The number of allylic oxidation sites excluding steroid dienone is 3. The van der Waals surface area contributed by atoms with Gasteiger partial charge in [0.05, 0.1) is 13.2 Å². The van der Waals surface area contributed by atoms with E-state index in [-0.39, 0.29) is 12.1 Å². The van der Waals surface area contributed by atoms with Crippen LogP contribution in [-0.2, 0) is 14.3 Å². The average molecular weight is 494 g/mol. The van der Waals surface area contributed by atoms with Gasteiger partial charge in [0.25, 0.3) is 5.91 Å². The Labute approximate surface area is 216 Å². The molecule has 1 aliphatic carbocycles. The first kappa shape index (κ1) is 27.9. The summed E-state index contributed by atoms with van der Waals surface area (Å²) in [7, 11) is 0. The first-order chi connectivity index (χ1) is 17.5. The number of rotatable bonds is 12. The summed E-state index contributed by atoms with van der Waals surface area (Å²) in [6, 6.07) is 8.30. The number of carbonyl (C=O) groups excluding carboxylic acids is 1. The molecule has 1 aliphatic heterocycles. The minimum absolute atomic E-state index is 0.0616. The van der Waals surface area contributed by atoms with E-state index < -0.39 is 0 Å². The van der Waals surface area contributed by atoms with Crippen LogP contribution in [-0.4, -0.2) is 68.0 Å². The van der Waals surface area contributed by atoms with Gasteiger partial charge in [-0.05, 0) is 50.9 Å². The van der Waals surface area contributed by atoms with E-state index in [1.807, 2.05) is 24.0 Å². The lowest BCUT2D eigenvalue weighted by Gasteiger charge is -2.26. The molecule has 6 nitrogen and oxygen atoms in total. The van der Waals surface area contributed by atoms with Crippen molar-refractivity contribution < 1.29 is 14.3 Å². The summed E-state index contributed by atoms with van der Waals surface area (Å²) in [6.07, 6.45) is 8.70. The summed E-state index contributed by atoms with van der Waals surface area (Å²) in [5.74, 6) is 0.928. The van der Waals surface area contributed by atoms with E-state index in [1.54, 1.807) is 6.08 Å². The monoisotopic (exact) mass is 493 g/mol. The van der Waals surface area contributed by atoms with Crippen LogP contribution in [0.1, 0.15) is 47.0 Å². The lowest BCUT2D eigenvalue weighted by atomic mass is 9.96. The molecule has 1 unspecified atom stereocenters. The molecule has 1 fully saturated rings. The Morgan fingerprint density at radius 2 is 2.00 bits per heavy atom. The van der Waals surface area contributed by atoms with Gasteiger partial charge in [0.1, 0.15) is 18.7 Å². The first-order valence-electron chi connectivity index (χ1n) is 13.3. The topological polar surface area (TPSA) is 54.0 Å². The van der Waals surface area contributed by atoms with Crippen molar-refractivity contribution in [3.05, 3.63) is 70.7 Å². The fraction of sp³-hybridized carbons (Fsp3) is 0.500. The largest absolute Gasteiger partial charge is 0.493 e. The fourth-order valence-electron chi connectivity index (χ4n) is 4.76. The predicted octanol–water partition coefficient (Wildman–Crippen LogP) is 3.30. The third kappa shape index (κ3) is 7.19. The zero-order valence-corrected chi connectivity index (χ0v) is 22.5. The van der Waals surface area contributed by atoms with E-state index in [0.717, 1.165) is 62.0 Å². The predicted molar refractivity (Wildman–Crippen MR) is 147 cm³/mol. The van der Waals surface area contributed by atoms with Gasteiger partial charge in [0, 0.05) is 30.4 Å². The van der Waals surface area contributed by atoms with Gasteiger partial charge < -0.3 is 19.7 Å². The molecule has 1 aromatic rings. The van der Waals surface area contributed by atoms with Crippen molar-refractivity contribution >= 4 is 17.2 Å². The van der Waals surface area contributed by atoms with Crippen molar-refractivity contribution in [1.29, 1.82) is 0 Å². The van der Waals surface area contributed by atoms with Crippen LogP contribution < -0.4 is 15.8 Å². The van der Waals surface area contributed by atoms with Gasteiger partial charge in [0.15, 0.2) is 0 Å². The van der Waals surface area contributed by atoms with Gasteiger partial charge in [-0.3, -0.25) is 9.69 Å². The van der Waals surface area contributed by atoms with Crippen LogP contribution in [0, 0.1) is 0 Å². The molecular formula is C30H43N3O3. The maximum Gasteiger partial charge on any atom is 0.251 e. The molecule has 0 aromatic heterocycles. The van der Waals surface area contributed by atoms with Crippen LogP contribution in [0.4, 0.5) is 0 Å². The molecule has 1 atom stereocenters. The number of ether oxygens (including phenoxy) is 2. The molecule has 2 aliphatic rings. The number of likely N-dealkylation sites (N-methyl/N-ethyl adjacent to an activating group) is 1. The summed E-state index contributed by atoms with van der Waals surface area (Å²) in [4.78, 5) is 17.1. The smallest absolute Gasteiger partial charge is 0.251 e. The first-order valence-corrected chi connectivity index (χ1v) is 13.3. The molecule has 6 heteroatoms. The van der Waals surface area contributed by atoms with Crippen molar-refractivity contribution in [3.63, 3.8) is 0 Å². The van der Waals surface area contributed by atoms with E-state index in [4.69, 9.17) is 9.47 Å². The van der Waals surface area contributed by atoms with Crippen LogP contribution in [0.3, 0.4) is 0 Å². The molecule has 1 N–H and O–H groups in total. The maximum absolute atomic E-state index is 13.0. The third-order valence-corrected chi connectivity index (χ3v) is 6.97. The molecule has 1 saturated heterocycles. The summed E-state index contributed by atoms with van der Waals surface area (Å²) in [5.41, 5.74) is 3.56. The minimum atomic E-state index is -0.0616. The van der Waals surface area contributed by atoms with Gasteiger partial charge in [-0.2, -0.15) is 0 Å². The molecular weight excluding hydrogens is 450 g/mol. The second kappa shape index (κ2) is 14.2. The molecule has 1 heterocycles. The van der Waals surface area contributed by atoms with E-state index in [0.29, 0.717) is 19.9 Å². The highest BCUT2D eigenvalue weighted by atomic mass is 16.5. The number of nitrogens with one attached hydrogen (secondary N) is 1. The Morgan fingerprint density at radius 3 is 2.64 bits per heavy atom. The van der Waals surface area contributed by atoms with Crippen molar-refractivity contribution in [3.8, 4) is 0 Å². The standard InChI is InChI=1S/C30H43N3O3/c1-6-24-14-16-25(17-15-24)30(34)33-21-29(36-22-33)32(8-3)19-18-31-20-23(5)26-12-10-11-13-27(26)28(7-2)35-9-4/h7,10-14,16,29,31H,2,6,8-9,15,17-22H2,1,3-5H3/b26-23+,28-27+. The van der Waals surface area contributed by atoms with E-state index in [1.165, 1.54) is 16.4 Å². The van der Waals surface area contributed by atoms with Crippen LogP contribution >= 0.6 is 0 Å². The highest BCUT2D eigenvalue weighted by Gasteiger charge is 2.31. The number of carbonyl (C=O) groups is 1. The molecule has 1 aromatic carbocycles. The number of amides is 1. The Bertz CT molecular complexity index is 1090. The second-order valence-corrected chi connectivity index (χ2v) is 9.28. The van der Waals surface area contributed by atoms with Gasteiger partial charge in [-0.25, -0.2) is 0 Å². The van der Waals surface area contributed by atoms with E-state index in [2.05, 4.69) is 61.8 Å². The zero-order valence-electron chi connectivity index (χ0n) is 22.5. The van der Waals surface area contributed by atoms with Crippen molar-refractivity contribution in [2.75, 3.05) is 46.1 Å². The maximum atomic E-state index is 13.0. The molecule has 0 spiro atoms. The Hall–Kier alpha value is -2.67. The highest BCUT2D eigenvalue weighted by molar-refractivity contribution is 5.94. The Balaban J connectivity index is 1.55. The number of benzene rings is 1. The number of hydrogen-bond donors (Lipinski definition) is 1. The SMILES string of the molecule is C=C/C(OCC)=c1/cccc/c1=C(/C)CNCCN(CC)C1CN(C(=O)C2=CC=C(CC)CC2)CO1. The summed E-state index contributed by atoms with van der Waals surface area (Å²) >= 11 is 0. The Morgan fingerprint density at radius 1 is 1.22 bits per heavy atom. The van der Waals surface area contributed by atoms with Crippen LogP contribution in [0.15, 0.2) is 60.2 Å². The normalized spacial score (nSPS) is 19.6. The van der Waals surface area contributed by atoms with Crippen LogP contribution in [0.25, 0.3) is 11.3 Å². The van der Waals surface area contributed by atoms with Crippen molar-refractivity contribution in [2.24, 2.45) is 0 Å². The van der Waals surface area contributed by atoms with Crippen LogP contribution in [0.2, 0.25) is 0 Å². The molecule has 36 heavy (non-hydrogen) atoms. The average Bonchev–Trinajstić information content (AvgIpc) is 3.41. The molecule has 196 valence electrons. The van der Waals surface area contributed by atoms with Crippen molar-refractivity contribution in [2.45, 2.75) is 53.2 Å². The summed E-state index contributed by atoms with van der Waals surface area (Å²) in [6.45, 7) is 17.3. The van der Waals surface area contributed by atoms with E-state index >= 15 is 0 Å². The van der Waals surface area contributed by atoms with Gasteiger partial charge in [-0.1, -0.05) is 68.0 Å². The van der Waals surface area contributed by atoms with Gasteiger partial charge in [-0.15, -0.1) is 0 Å². The number of hydrogen-bond acceptors (Lipinski definition) is 5. The fourth-order valence-corrected chi connectivity index (χ4v) is 4.76. The highest BCUT2D eigenvalue weighted by Crippen LogP contribution is 2.23. The molecule has 1 amide bonds. The molecule has 3 rings (SSSR count). The number of nitrogens with zero attached hydrogens (tertiary/aromatic N) is 2.